The zero-order chi connectivity index (χ0) is 19.7. The summed E-state index contributed by atoms with van der Waals surface area (Å²) in [4.78, 5) is 29.1. The van der Waals surface area contributed by atoms with Gasteiger partial charge in [0.05, 0.1) is 11.1 Å². The van der Waals surface area contributed by atoms with Crippen LogP contribution in [0.3, 0.4) is 0 Å². The van der Waals surface area contributed by atoms with E-state index in [1.807, 2.05) is 19.1 Å². The summed E-state index contributed by atoms with van der Waals surface area (Å²) in [5, 5.41) is 0. The lowest BCUT2D eigenvalue weighted by Crippen LogP contribution is -2.11. The van der Waals surface area contributed by atoms with Gasteiger partial charge in [0, 0.05) is 18.0 Å². The molecule has 2 heterocycles. The molecule has 138 valence electrons. The molecule has 0 N–H and O–H groups in total. The number of Topliss-reactive ketones (excluding diaryl/α,β-unsaturated/α-hetero) is 1. The van der Waals surface area contributed by atoms with Gasteiger partial charge in [-0.2, -0.15) is 0 Å². The molecule has 0 unspecified atom stereocenters. The van der Waals surface area contributed by atoms with Crippen molar-refractivity contribution < 1.29 is 19.1 Å². The normalized spacial score (nSPS) is 13.9. The second kappa shape index (κ2) is 7.12. The molecule has 1 aromatic heterocycles. The third-order valence-corrected chi connectivity index (χ3v) is 4.61. The Morgan fingerprint density at radius 1 is 1.04 bits per heavy atom. The van der Waals surface area contributed by atoms with Crippen LogP contribution in [0.5, 0.6) is 11.5 Å². The second-order valence-corrected chi connectivity index (χ2v) is 6.49. The fraction of sp³-hybridized carbons (Fsp3) is 0.0870. The predicted molar refractivity (Wildman–Crippen MR) is 104 cm³/mol. The van der Waals surface area contributed by atoms with Crippen LogP contribution in [0.25, 0.3) is 6.08 Å². The number of aromatic nitrogens is 1. The maximum Gasteiger partial charge on any atom is 0.343 e. The number of ketones is 1. The Hall–Kier alpha value is -3.73. The largest absolute Gasteiger partial charge is 0.452 e. The summed E-state index contributed by atoms with van der Waals surface area (Å²) in [7, 11) is 0. The van der Waals surface area contributed by atoms with Crippen molar-refractivity contribution in [1.29, 1.82) is 0 Å². The highest BCUT2D eigenvalue weighted by atomic mass is 16.5. The number of ether oxygens (including phenoxy) is 2. The molecule has 1 aliphatic heterocycles. The number of hydrogen-bond acceptors (Lipinski definition) is 5. The van der Waals surface area contributed by atoms with Gasteiger partial charge in [-0.15, -0.1) is 0 Å². The molecule has 3 aromatic rings. The van der Waals surface area contributed by atoms with Crippen LogP contribution in [0.4, 0.5) is 0 Å². The molecule has 0 bridgehead atoms. The molecule has 4 rings (SSSR count). The molecule has 28 heavy (non-hydrogen) atoms. The van der Waals surface area contributed by atoms with Gasteiger partial charge in [0.25, 0.3) is 0 Å². The summed E-state index contributed by atoms with van der Waals surface area (Å²) >= 11 is 0. The molecule has 5 heteroatoms. The molecule has 2 aromatic carbocycles. The zero-order valence-corrected chi connectivity index (χ0v) is 15.4. The number of allylic oxidation sites excluding steroid dienone is 1. The molecule has 0 atom stereocenters. The number of benzene rings is 2. The number of nitrogens with zero attached hydrogens (tertiary/aromatic N) is 1. The number of hydrogen-bond donors (Lipinski definition) is 0. The van der Waals surface area contributed by atoms with Crippen LogP contribution in [-0.2, 0) is 0 Å². The molecule has 5 nitrogen and oxygen atoms in total. The van der Waals surface area contributed by atoms with E-state index in [4.69, 9.17) is 9.47 Å². The van der Waals surface area contributed by atoms with E-state index in [0.717, 1.165) is 11.1 Å². The molecular formula is C23H17NO4. The van der Waals surface area contributed by atoms with Gasteiger partial charge in [0.15, 0.2) is 5.76 Å². The first-order valence-electron chi connectivity index (χ1n) is 8.80. The fourth-order valence-corrected chi connectivity index (χ4v) is 3.05. The van der Waals surface area contributed by atoms with Gasteiger partial charge < -0.3 is 9.47 Å². The Morgan fingerprint density at radius 3 is 2.54 bits per heavy atom. The average molecular weight is 371 g/mol. The first-order valence-corrected chi connectivity index (χ1v) is 8.80. The molecule has 0 aliphatic carbocycles. The molecule has 0 radical (unpaired) electrons. The predicted octanol–water partition coefficient (Wildman–Crippen LogP) is 4.53. The third kappa shape index (κ3) is 3.18. The average Bonchev–Trinajstić information content (AvgIpc) is 3.01. The molecule has 0 amide bonds. The Morgan fingerprint density at radius 2 is 1.79 bits per heavy atom. The molecule has 0 spiro atoms. The molecule has 0 saturated carbocycles. The smallest absolute Gasteiger partial charge is 0.343 e. The van der Waals surface area contributed by atoms with Gasteiger partial charge in [-0.05, 0) is 61.4 Å². The Labute approximate surface area is 162 Å². The van der Waals surface area contributed by atoms with Crippen LogP contribution in [0.15, 0.2) is 66.7 Å². The van der Waals surface area contributed by atoms with Gasteiger partial charge in [0.1, 0.15) is 11.5 Å². The van der Waals surface area contributed by atoms with Crippen molar-refractivity contribution in [3.05, 3.63) is 94.5 Å². The third-order valence-electron chi connectivity index (χ3n) is 4.61. The Balaban J connectivity index is 1.63. The van der Waals surface area contributed by atoms with Crippen LogP contribution in [0, 0.1) is 13.8 Å². The summed E-state index contributed by atoms with van der Waals surface area (Å²) in [6, 6.07) is 14.0. The van der Waals surface area contributed by atoms with Crippen LogP contribution < -0.4 is 9.47 Å². The van der Waals surface area contributed by atoms with Crippen molar-refractivity contribution in [2.45, 2.75) is 13.8 Å². The quantitative estimate of drug-likeness (QED) is 0.384. The van der Waals surface area contributed by atoms with Gasteiger partial charge in [-0.1, -0.05) is 18.2 Å². The maximum absolute atomic E-state index is 12.6. The Bertz CT molecular complexity index is 1120. The van der Waals surface area contributed by atoms with Crippen molar-refractivity contribution in [3.8, 4) is 11.5 Å². The molecule has 0 fully saturated rings. The highest BCUT2D eigenvalue weighted by Crippen LogP contribution is 2.39. The van der Waals surface area contributed by atoms with Gasteiger partial charge in [0.2, 0.25) is 5.78 Å². The van der Waals surface area contributed by atoms with Gasteiger partial charge in [-0.25, -0.2) is 4.79 Å². The number of aryl methyl sites for hydroxylation is 1. The van der Waals surface area contributed by atoms with Crippen molar-refractivity contribution in [3.63, 3.8) is 0 Å². The monoisotopic (exact) mass is 371 g/mol. The van der Waals surface area contributed by atoms with Crippen molar-refractivity contribution in [1.82, 2.24) is 4.98 Å². The summed E-state index contributed by atoms with van der Waals surface area (Å²) in [6.07, 6.45) is 4.96. The van der Waals surface area contributed by atoms with Crippen LogP contribution >= 0.6 is 0 Å². The fourth-order valence-electron chi connectivity index (χ4n) is 3.05. The number of pyridine rings is 1. The van der Waals surface area contributed by atoms with E-state index in [0.29, 0.717) is 28.2 Å². The summed E-state index contributed by atoms with van der Waals surface area (Å²) in [5.41, 5.74) is 3.20. The van der Waals surface area contributed by atoms with E-state index in [1.54, 1.807) is 61.8 Å². The van der Waals surface area contributed by atoms with Crippen molar-refractivity contribution in [2.75, 3.05) is 0 Å². The molecule has 0 saturated heterocycles. The molecular weight excluding hydrogens is 354 g/mol. The van der Waals surface area contributed by atoms with Crippen LogP contribution in [-0.4, -0.2) is 16.7 Å². The minimum atomic E-state index is -0.446. The maximum atomic E-state index is 12.6. The summed E-state index contributed by atoms with van der Waals surface area (Å²) < 4.78 is 11.4. The minimum Gasteiger partial charge on any atom is -0.452 e. The lowest BCUT2D eigenvalue weighted by Gasteiger charge is -2.11. The van der Waals surface area contributed by atoms with Gasteiger partial charge in [-0.3, -0.25) is 9.78 Å². The number of carbonyl (C=O) groups is 2. The van der Waals surface area contributed by atoms with E-state index in [2.05, 4.69) is 4.98 Å². The van der Waals surface area contributed by atoms with E-state index >= 15 is 0 Å². The van der Waals surface area contributed by atoms with Crippen LogP contribution in [0.2, 0.25) is 0 Å². The highest BCUT2D eigenvalue weighted by molar-refractivity contribution is 6.15. The summed E-state index contributed by atoms with van der Waals surface area (Å²) in [5.74, 6) is 0.363. The van der Waals surface area contributed by atoms with Gasteiger partial charge >= 0.3 is 5.97 Å². The second-order valence-electron chi connectivity index (χ2n) is 6.49. The minimum absolute atomic E-state index is 0.202. The lowest BCUT2D eigenvalue weighted by atomic mass is 10.1. The molecule has 1 aliphatic rings. The lowest BCUT2D eigenvalue weighted by molar-refractivity contribution is 0.0732. The standard InChI is InChI=1S/C23H17NO4/c1-14-5-3-4-6-17(14)23(26)28-19-8-7-18-21(25)20(27-22(18)15(19)2)13-16-9-11-24-12-10-16/h3-13H,1-2H3/b20-13-. The zero-order valence-electron chi connectivity index (χ0n) is 15.4. The van der Waals surface area contributed by atoms with E-state index in [-0.39, 0.29) is 11.5 Å². The highest BCUT2D eigenvalue weighted by Gasteiger charge is 2.30. The Kier molecular flexibility index (Phi) is 4.49. The topological polar surface area (TPSA) is 65.5 Å². The van der Waals surface area contributed by atoms with E-state index in [9.17, 15) is 9.59 Å². The van der Waals surface area contributed by atoms with Crippen molar-refractivity contribution >= 4 is 17.8 Å². The number of esters is 1. The SMILES string of the molecule is Cc1ccccc1C(=O)Oc1ccc2c(c1C)O/C(=C\c1ccncc1)C2=O. The van der Waals surface area contributed by atoms with E-state index in [1.165, 1.54) is 0 Å². The number of rotatable bonds is 3. The summed E-state index contributed by atoms with van der Waals surface area (Å²) in [6.45, 7) is 3.62. The first kappa shape index (κ1) is 17.7. The van der Waals surface area contributed by atoms with Crippen LogP contribution in [0.1, 0.15) is 37.4 Å². The number of fused-ring (bicyclic) bond motifs is 1. The van der Waals surface area contributed by atoms with Crippen molar-refractivity contribution in [2.24, 2.45) is 0 Å². The van der Waals surface area contributed by atoms with E-state index < -0.39 is 5.97 Å². The first-order chi connectivity index (χ1) is 13.5. The number of carbonyl (C=O) groups excluding carboxylic acids is 2.